The number of amides is 1. The number of rotatable bonds is 3. The molecule has 6 heteroatoms. The van der Waals surface area contributed by atoms with Gasteiger partial charge in [0, 0.05) is 17.6 Å². The number of carbonyl (C=O) groups excluding carboxylic acids is 1. The standard InChI is InChI=1S/C17H19BrN4O/c1-12-8-10-22(11-9-12)16-7-6-15(20-21-16)19-17(23)13-4-2-3-5-14(13)18/h2-7,12H,8-11H2,1H3,(H,19,20,23). The quantitative estimate of drug-likeness (QED) is 0.888. The van der Waals surface area contributed by atoms with Crippen molar-refractivity contribution < 1.29 is 4.79 Å². The Kier molecular flexibility index (Phi) is 4.91. The number of hydrogen-bond acceptors (Lipinski definition) is 4. The van der Waals surface area contributed by atoms with Crippen molar-refractivity contribution in [3.63, 3.8) is 0 Å². The third-order valence-corrected chi connectivity index (χ3v) is 4.81. The summed E-state index contributed by atoms with van der Waals surface area (Å²) in [6.07, 6.45) is 2.37. The molecule has 0 unspecified atom stereocenters. The summed E-state index contributed by atoms with van der Waals surface area (Å²) in [5, 5.41) is 11.2. The van der Waals surface area contributed by atoms with Crippen LogP contribution in [0.25, 0.3) is 0 Å². The highest BCUT2D eigenvalue weighted by atomic mass is 79.9. The Morgan fingerprint density at radius 1 is 1.17 bits per heavy atom. The van der Waals surface area contributed by atoms with Gasteiger partial charge in [-0.1, -0.05) is 19.1 Å². The third-order valence-electron chi connectivity index (χ3n) is 4.12. The second-order valence-electron chi connectivity index (χ2n) is 5.88. The molecule has 23 heavy (non-hydrogen) atoms. The minimum Gasteiger partial charge on any atom is -0.355 e. The molecular formula is C17H19BrN4O. The number of carbonyl (C=O) groups is 1. The van der Waals surface area contributed by atoms with E-state index in [1.165, 1.54) is 12.8 Å². The normalized spacial score (nSPS) is 15.5. The van der Waals surface area contributed by atoms with Crippen LogP contribution in [0.5, 0.6) is 0 Å². The maximum Gasteiger partial charge on any atom is 0.258 e. The lowest BCUT2D eigenvalue weighted by atomic mass is 9.99. The van der Waals surface area contributed by atoms with E-state index >= 15 is 0 Å². The Morgan fingerprint density at radius 2 is 1.91 bits per heavy atom. The highest BCUT2D eigenvalue weighted by Gasteiger charge is 2.17. The van der Waals surface area contributed by atoms with Crippen molar-refractivity contribution in [3.05, 3.63) is 46.4 Å². The highest BCUT2D eigenvalue weighted by Crippen LogP contribution is 2.22. The first-order chi connectivity index (χ1) is 11.1. The van der Waals surface area contributed by atoms with Crippen molar-refractivity contribution in [1.29, 1.82) is 0 Å². The van der Waals surface area contributed by atoms with Gasteiger partial charge in [-0.15, -0.1) is 10.2 Å². The van der Waals surface area contributed by atoms with Crippen molar-refractivity contribution in [1.82, 2.24) is 10.2 Å². The summed E-state index contributed by atoms with van der Waals surface area (Å²) in [4.78, 5) is 14.5. The number of nitrogens with zero attached hydrogens (tertiary/aromatic N) is 3. The van der Waals surface area contributed by atoms with Crippen molar-refractivity contribution in [2.75, 3.05) is 23.3 Å². The number of hydrogen-bond donors (Lipinski definition) is 1. The molecule has 0 atom stereocenters. The minimum absolute atomic E-state index is 0.202. The molecule has 1 aromatic carbocycles. The molecule has 0 saturated carbocycles. The minimum atomic E-state index is -0.202. The first-order valence-electron chi connectivity index (χ1n) is 7.78. The van der Waals surface area contributed by atoms with Crippen molar-refractivity contribution in [2.45, 2.75) is 19.8 Å². The van der Waals surface area contributed by atoms with Crippen LogP contribution in [0.2, 0.25) is 0 Å². The topological polar surface area (TPSA) is 58.1 Å². The van der Waals surface area contributed by atoms with E-state index in [0.717, 1.165) is 29.3 Å². The average Bonchev–Trinajstić information content (AvgIpc) is 2.57. The van der Waals surface area contributed by atoms with Gasteiger partial charge in [-0.25, -0.2) is 0 Å². The molecule has 0 spiro atoms. The van der Waals surface area contributed by atoms with E-state index < -0.39 is 0 Å². The maximum absolute atomic E-state index is 12.2. The van der Waals surface area contributed by atoms with Gasteiger partial charge in [0.2, 0.25) is 0 Å². The number of anilines is 2. The molecule has 1 fully saturated rings. The van der Waals surface area contributed by atoms with E-state index in [4.69, 9.17) is 0 Å². The predicted octanol–water partition coefficient (Wildman–Crippen LogP) is 3.73. The van der Waals surface area contributed by atoms with Gasteiger partial charge in [-0.05, 0) is 59.0 Å². The van der Waals surface area contributed by atoms with E-state index in [1.54, 1.807) is 12.1 Å². The second kappa shape index (κ2) is 7.08. The van der Waals surface area contributed by atoms with Gasteiger partial charge in [-0.2, -0.15) is 0 Å². The van der Waals surface area contributed by atoms with E-state index in [2.05, 4.69) is 43.3 Å². The fourth-order valence-corrected chi connectivity index (χ4v) is 3.09. The first kappa shape index (κ1) is 15.9. The van der Waals surface area contributed by atoms with E-state index in [9.17, 15) is 4.79 Å². The zero-order chi connectivity index (χ0) is 16.2. The summed E-state index contributed by atoms with van der Waals surface area (Å²) in [6.45, 7) is 4.31. The van der Waals surface area contributed by atoms with E-state index in [-0.39, 0.29) is 5.91 Å². The zero-order valence-corrected chi connectivity index (χ0v) is 14.6. The van der Waals surface area contributed by atoms with Crippen LogP contribution in [0.1, 0.15) is 30.1 Å². The summed E-state index contributed by atoms with van der Waals surface area (Å²) in [5.74, 6) is 1.91. The molecule has 3 rings (SSSR count). The van der Waals surface area contributed by atoms with Crippen molar-refractivity contribution in [2.24, 2.45) is 5.92 Å². The molecule has 0 bridgehead atoms. The predicted molar refractivity (Wildman–Crippen MR) is 94.7 cm³/mol. The first-order valence-corrected chi connectivity index (χ1v) is 8.57. The molecule has 2 heterocycles. The van der Waals surface area contributed by atoms with Crippen LogP contribution in [-0.4, -0.2) is 29.2 Å². The van der Waals surface area contributed by atoms with Crippen LogP contribution in [0.15, 0.2) is 40.9 Å². The van der Waals surface area contributed by atoms with E-state index in [0.29, 0.717) is 11.4 Å². The Bertz CT molecular complexity index is 681. The van der Waals surface area contributed by atoms with Gasteiger partial charge >= 0.3 is 0 Å². The Labute approximate surface area is 144 Å². The van der Waals surface area contributed by atoms with Crippen LogP contribution < -0.4 is 10.2 Å². The largest absolute Gasteiger partial charge is 0.355 e. The summed E-state index contributed by atoms with van der Waals surface area (Å²) in [6, 6.07) is 11.0. The van der Waals surface area contributed by atoms with Crippen LogP contribution >= 0.6 is 15.9 Å². The van der Waals surface area contributed by atoms with Gasteiger partial charge in [-0.3, -0.25) is 4.79 Å². The molecule has 0 radical (unpaired) electrons. The van der Waals surface area contributed by atoms with Gasteiger partial charge in [0.25, 0.3) is 5.91 Å². The zero-order valence-electron chi connectivity index (χ0n) is 13.0. The fraction of sp³-hybridized carbons (Fsp3) is 0.353. The Balaban J connectivity index is 1.66. The molecule has 120 valence electrons. The lowest BCUT2D eigenvalue weighted by Gasteiger charge is -2.30. The van der Waals surface area contributed by atoms with Crippen LogP contribution in [0.3, 0.4) is 0 Å². The highest BCUT2D eigenvalue weighted by molar-refractivity contribution is 9.10. The van der Waals surface area contributed by atoms with Crippen molar-refractivity contribution >= 4 is 33.5 Å². The second-order valence-corrected chi connectivity index (χ2v) is 6.73. The molecule has 1 aliphatic rings. The SMILES string of the molecule is CC1CCN(c2ccc(NC(=O)c3ccccc3Br)nn2)CC1. The summed E-state index contributed by atoms with van der Waals surface area (Å²) < 4.78 is 0.754. The lowest BCUT2D eigenvalue weighted by molar-refractivity contribution is 0.102. The average molecular weight is 375 g/mol. The number of halogens is 1. The molecule has 0 aliphatic carbocycles. The van der Waals surface area contributed by atoms with Crippen molar-refractivity contribution in [3.8, 4) is 0 Å². The Morgan fingerprint density at radius 3 is 2.57 bits per heavy atom. The van der Waals surface area contributed by atoms with Gasteiger partial charge in [0.15, 0.2) is 11.6 Å². The summed E-state index contributed by atoms with van der Waals surface area (Å²) in [5.41, 5.74) is 0.573. The molecule has 1 aromatic heterocycles. The molecular weight excluding hydrogens is 356 g/mol. The van der Waals surface area contributed by atoms with Gasteiger partial charge in [0.1, 0.15) is 0 Å². The number of aromatic nitrogens is 2. The molecule has 2 aromatic rings. The molecule has 5 nitrogen and oxygen atoms in total. The molecule has 1 amide bonds. The summed E-state index contributed by atoms with van der Waals surface area (Å²) >= 11 is 3.38. The van der Waals surface area contributed by atoms with Crippen LogP contribution in [0, 0.1) is 5.92 Å². The maximum atomic E-state index is 12.2. The monoisotopic (exact) mass is 374 g/mol. The lowest BCUT2D eigenvalue weighted by Crippen LogP contribution is -2.33. The molecule has 1 aliphatic heterocycles. The number of benzene rings is 1. The smallest absolute Gasteiger partial charge is 0.258 e. The summed E-state index contributed by atoms with van der Waals surface area (Å²) in [7, 11) is 0. The fourth-order valence-electron chi connectivity index (χ4n) is 2.63. The molecule has 1 saturated heterocycles. The van der Waals surface area contributed by atoms with Gasteiger partial charge in [0.05, 0.1) is 5.56 Å². The third kappa shape index (κ3) is 3.88. The van der Waals surface area contributed by atoms with Crippen LogP contribution in [0.4, 0.5) is 11.6 Å². The van der Waals surface area contributed by atoms with Gasteiger partial charge < -0.3 is 10.2 Å². The van der Waals surface area contributed by atoms with Crippen LogP contribution in [-0.2, 0) is 0 Å². The number of piperidine rings is 1. The van der Waals surface area contributed by atoms with E-state index in [1.807, 2.05) is 24.3 Å². The Hall–Kier alpha value is -1.95. The molecule has 1 N–H and O–H groups in total. The number of nitrogens with one attached hydrogen (secondary N) is 1.